The molecule has 0 saturated heterocycles. The SMILES string of the molecule is CC[C@H](C(=O)Nc1c2c(nn1-c1ccc(F)cc1)CS(=O)(=O)C2)c1ccccc1. The third kappa shape index (κ3) is 3.80. The zero-order valence-corrected chi connectivity index (χ0v) is 16.6. The van der Waals surface area contributed by atoms with E-state index in [2.05, 4.69) is 10.4 Å². The molecule has 2 aromatic carbocycles. The molecule has 0 spiro atoms. The summed E-state index contributed by atoms with van der Waals surface area (Å²) in [7, 11) is -3.29. The highest BCUT2D eigenvalue weighted by atomic mass is 32.2. The largest absolute Gasteiger partial charge is 0.310 e. The zero-order chi connectivity index (χ0) is 20.6. The summed E-state index contributed by atoms with van der Waals surface area (Å²) in [4.78, 5) is 13.1. The quantitative estimate of drug-likeness (QED) is 0.693. The second-order valence-electron chi connectivity index (χ2n) is 7.06. The van der Waals surface area contributed by atoms with E-state index >= 15 is 0 Å². The van der Waals surface area contributed by atoms with E-state index in [-0.39, 0.29) is 23.3 Å². The minimum Gasteiger partial charge on any atom is -0.310 e. The third-order valence-electron chi connectivity index (χ3n) is 5.03. The van der Waals surface area contributed by atoms with Crippen molar-refractivity contribution < 1.29 is 17.6 Å². The number of fused-ring (bicyclic) bond motifs is 1. The monoisotopic (exact) mass is 413 g/mol. The van der Waals surface area contributed by atoms with Gasteiger partial charge in [-0.25, -0.2) is 17.5 Å². The van der Waals surface area contributed by atoms with Crippen LogP contribution in [-0.2, 0) is 26.1 Å². The molecule has 0 unspecified atom stereocenters. The van der Waals surface area contributed by atoms with Crippen LogP contribution in [0.2, 0.25) is 0 Å². The maximum absolute atomic E-state index is 13.3. The first-order chi connectivity index (χ1) is 13.9. The molecule has 3 aromatic rings. The van der Waals surface area contributed by atoms with E-state index in [0.717, 1.165) is 5.56 Å². The van der Waals surface area contributed by atoms with E-state index in [0.29, 0.717) is 29.2 Å². The van der Waals surface area contributed by atoms with E-state index in [1.54, 1.807) is 0 Å². The summed E-state index contributed by atoms with van der Waals surface area (Å²) >= 11 is 0. The van der Waals surface area contributed by atoms with Crippen molar-refractivity contribution in [1.29, 1.82) is 0 Å². The van der Waals surface area contributed by atoms with Crippen molar-refractivity contribution in [2.75, 3.05) is 5.32 Å². The molecule has 1 amide bonds. The fourth-order valence-electron chi connectivity index (χ4n) is 3.60. The van der Waals surface area contributed by atoms with Crippen molar-refractivity contribution in [3.05, 3.63) is 77.2 Å². The number of halogens is 1. The first kappa shape index (κ1) is 19.3. The molecule has 8 heteroatoms. The lowest BCUT2D eigenvalue weighted by atomic mass is 9.95. The van der Waals surface area contributed by atoms with Crippen LogP contribution in [-0.4, -0.2) is 24.1 Å². The van der Waals surface area contributed by atoms with Gasteiger partial charge in [-0.1, -0.05) is 37.3 Å². The number of anilines is 1. The van der Waals surface area contributed by atoms with Crippen LogP contribution in [0, 0.1) is 5.82 Å². The number of aromatic nitrogens is 2. The van der Waals surface area contributed by atoms with Crippen molar-refractivity contribution >= 4 is 21.6 Å². The van der Waals surface area contributed by atoms with E-state index in [9.17, 15) is 17.6 Å². The number of rotatable bonds is 5. The lowest BCUT2D eigenvalue weighted by Crippen LogP contribution is -2.23. The normalized spacial score (nSPS) is 15.7. The molecular formula is C21H20FN3O3S. The Hall–Kier alpha value is -3.00. The molecule has 1 atom stereocenters. The number of nitrogens with zero attached hydrogens (tertiary/aromatic N) is 2. The molecule has 0 fully saturated rings. The van der Waals surface area contributed by atoms with E-state index in [4.69, 9.17) is 0 Å². The fourth-order valence-corrected chi connectivity index (χ4v) is 5.10. The summed E-state index contributed by atoms with van der Waals surface area (Å²) in [6, 6.07) is 15.1. The summed E-state index contributed by atoms with van der Waals surface area (Å²) in [5.74, 6) is -1.05. The van der Waals surface area contributed by atoms with E-state index < -0.39 is 15.7 Å². The van der Waals surface area contributed by atoms with Crippen LogP contribution >= 0.6 is 0 Å². The second-order valence-corrected chi connectivity index (χ2v) is 9.12. The van der Waals surface area contributed by atoms with Crippen molar-refractivity contribution in [1.82, 2.24) is 9.78 Å². The molecular weight excluding hydrogens is 393 g/mol. The maximum Gasteiger partial charge on any atom is 0.233 e. The standard InChI is InChI=1S/C21H20FN3O3S/c1-2-17(14-6-4-3-5-7-14)21(26)23-20-18-12-29(27,28)13-19(18)24-25(20)16-10-8-15(22)9-11-16/h3-11,17H,2,12-13H2,1H3,(H,23,26)/t17-/m0/s1. The highest BCUT2D eigenvalue weighted by molar-refractivity contribution is 7.90. The van der Waals surface area contributed by atoms with Crippen LogP contribution in [0.15, 0.2) is 54.6 Å². The Balaban J connectivity index is 1.74. The number of carbonyl (C=O) groups is 1. The minimum atomic E-state index is -3.29. The van der Waals surface area contributed by atoms with Crippen LogP contribution in [0.3, 0.4) is 0 Å². The fraction of sp³-hybridized carbons (Fsp3) is 0.238. The zero-order valence-electron chi connectivity index (χ0n) is 15.8. The molecule has 6 nitrogen and oxygen atoms in total. The van der Waals surface area contributed by atoms with Crippen molar-refractivity contribution in [3.63, 3.8) is 0 Å². The Bertz CT molecular complexity index is 1160. The topological polar surface area (TPSA) is 81.1 Å². The molecule has 1 aliphatic rings. The van der Waals surface area contributed by atoms with Gasteiger partial charge in [0, 0.05) is 5.56 Å². The first-order valence-corrected chi connectivity index (χ1v) is 11.1. The summed E-state index contributed by atoms with van der Waals surface area (Å²) in [6.45, 7) is 1.92. The Kier molecular flexibility index (Phi) is 4.96. The average Bonchev–Trinajstić information content (AvgIpc) is 3.16. The van der Waals surface area contributed by atoms with Gasteiger partial charge in [0.1, 0.15) is 11.6 Å². The van der Waals surface area contributed by atoms with E-state index in [1.807, 2.05) is 37.3 Å². The molecule has 1 aliphatic heterocycles. The molecule has 4 rings (SSSR count). The van der Waals surface area contributed by atoms with Crippen LogP contribution < -0.4 is 5.32 Å². The van der Waals surface area contributed by atoms with Gasteiger partial charge < -0.3 is 5.32 Å². The molecule has 0 bridgehead atoms. The minimum absolute atomic E-state index is 0.171. The average molecular weight is 413 g/mol. The lowest BCUT2D eigenvalue weighted by Gasteiger charge is -2.17. The van der Waals surface area contributed by atoms with Crippen LogP contribution in [0.25, 0.3) is 5.69 Å². The molecule has 1 N–H and O–H groups in total. The molecule has 0 aliphatic carbocycles. The number of hydrogen-bond donors (Lipinski definition) is 1. The molecule has 150 valence electrons. The Labute approximate surface area is 168 Å². The number of hydrogen-bond acceptors (Lipinski definition) is 4. The molecule has 0 saturated carbocycles. The number of benzene rings is 2. The predicted octanol–water partition coefficient (Wildman–Crippen LogP) is 3.57. The van der Waals surface area contributed by atoms with Crippen molar-refractivity contribution in [2.24, 2.45) is 0 Å². The van der Waals surface area contributed by atoms with Crippen LogP contribution in [0.4, 0.5) is 10.2 Å². The Morgan fingerprint density at radius 2 is 1.83 bits per heavy atom. The predicted molar refractivity (Wildman–Crippen MR) is 108 cm³/mol. The van der Waals surface area contributed by atoms with Gasteiger partial charge in [0.15, 0.2) is 9.84 Å². The van der Waals surface area contributed by atoms with Crippen LogP contribution in [0.1, 0.15) is 36.1 Å². The van der Waals surface area contributed by atoms with Crippen molar-refractivity contribution in [2.45, 2.75) is 30.8 Å². The number of sulfone groups is 1. The highest BCUT2D eigenvalue weighted by Gasteiger charge is 2.34. The van der Waals surface area contributed by atoms with Gasteiger partial charge in [0.2, 0.25) is 5.91 Å². The van der Waals surface area contributed by atoms with Gasteiger partial charge in [-0.05, 0) is 36.2 Å². The number of nitrogens with one attached hydrogen (secondary N) is 1. The van der Waals surface area contributed by atoms with Crippen molar-refractivity contribution in [3.8, 4) is 5.69 Å². The number of carbonyl (C=O) groups excluding carboxylic acids is 1. The summed E-state index contributed by atoms with van der Waals surface area (Å²) < 4.78 is 39.0. The summed E-state index contributed by atoms with van der Waals surface area (Å²) in [5.41, 5.74) is 2.33. The van der Waals surface area contributed by atoms with E-state index in [1.165, 1.54) is 28.9 Å². The molecule has 29 heavy (non-hydrogen) atoms. The van der Waals surface area contributed by atoms with Gasteiger partial charge in [-0.15, -0.1) is 0 Å². The summed E-state index contributed by atoms with van der Waals surface area (Å²) in [6.07, 6.45) is 0.584. The summed E-state index contributed by atoms with van der Waals surface area (Å²) in [5, 5.41) is 7.29. The first-order valence-electron chi connectivity index (χ1n) is 9.31. The smallest absolute Gasteiger partial charge is 0.233 e. The molecule has 1 aromatic heterocycles. The van der Waals surface area contributed by atoms with Gasteiger partial charge >= 0.3 is 0 Å². The maximum atomic E-state index is 13.3. The van der Waals surface area contributed by atoms with Gasteiger partial charge in [0.25, 0.3) is 0 Å². The van der Waals surface area contributed by atoms with Crippen LogP contribution in [0.5, 0.6) is 0 Å². The van der Waals surface area contributed by atoms with Gasteiger partial charge in [0.05, 0.1) is 28.8 Å². The second kappa shape index (κ2) is 7.44. The van der Waals surface area contributed by atoms with Gasteiger partial charge in [-0.3, -0.25) is 4.79 Å². The molecule has 0 radical (unpaired) electrons. The van der Waals surface area contributed by atoms with Gasteiger partial charge in [-0.2, -0.15) is 5.10 Å². The lowest BCUT2D eigenvalue weighted by molar-refractivity contribution is -0.117. The molecule has 2 heterocycles. The Morgan fingerprint density at radius 3 is 2.48 bits per heavy atom. The third-order valence-corrected chi connectivity index (χ3v) is 6.47. The highest BCUT2D eigenvalue weighted by Crippen LogP contribution is 2.34. The number of amides is 1. The Morgan fingerprint density at radius 1 is 1.14 bits per heavy atom.